The lowest BCUT2D eigenvalue weighted by Gasteiger charge is -2.29. The molecule has 0 bridgehead atoms. The summed E-state index contributed by atoms with van der Waals surface area (Å²) < 4.78 is 18.6. The first kappa shape index (κ1) is 19.1. The lowest BCUT2D eigenvalue weighted by molar-refractivity contribution is -0.116. The Labute approximate surface area is 181 Å². The molecule has 5 rings (SSSR count). The predicted octanol–water partition coefficient (Wildman–Crippen LogP) is 4.96. The molecule has 2 aromatic heterocycles. The highest BCUT2D eigenvalue weighted by atomic mass is 32.2. The first-order valence-corrected chi connectivity index (χ1v) is 11.3. The highest BCUT2D eigenvalue weighted by Gasteiger charge is 2.23. The fourth-order valence-corrected chi connectivity index (χ4v) is 5.44. The Morgan fingerprint density at radius 3 is 2.83 bits per heavy atom. The molecule has 0 radical (unpaired) electrons. The number of carbonyl (C=O) groups is 1. The topological polar surface area (TPSA) is 59.0 Å². The van der Waals surface area contributed by atoms with Gasteiger partial charge in [-0.2, -0.15) is 4.37 Å². The van der Waals surface area contributed by atoms with Gasteiger partial charge in [0.25, 0.3) is 0 Å². The summed E-state index contributed by atoms with van der Waals surface area (Å²) in [6.45, 7) is 0.741. The number of aryl methyl sites for hydroxylation is 1. The van der Waals surface area contributed by atoms with Gasteiger partial charge in [0.05, 0.1) is 5.75 Å². The zero-order valence-corrected chi connectivity index (χ0v) is 17.5. The molecule has 30 heavy (non-hydrogen) atoms. The smallest absolute Gasteiger partial charge is 0.237 e. The summed E-state index contributed by atoms with van der Waals surface area (Å²) in [4.78, 5) is 23.6. The van der Waals surface area contributed by atoms with Crippen LogP contribution in [0.1, 0.15) is 12.0 Å². The van der Waals surface area contributed by atoms with E-state index in [0.717, 1.165) is 45.9 Å². The van der Waals surface area contributed by atoms with Gasteiger partial charge in [-0.3, -0.25) is 4.79 Å². The van der Waals surface area contributed by atoms with Crippen LogP contribution < -0.4 is 4.90 Å². The largest absolute Gasteiger partial charge is 0.311 e. The molecule has 1 aliphatic heterocycles. The number of halogens is 1. The van der Waals surface area contributed by atoms with Gasteiger partial charge in [-0.1, -0.05) is 30.0 Å². The number of amides is 1. The second-order valence-corrected chi connectivity index (χ2v) is 8.70. The zero-order valence-electron chi connectivity index (χ0n) is 15.9. The van der Waals surface area contributed by atoms with E-state index in [-0.39, 0.29) is 11.7 Å². The molecule has 0 saturated carbocycles. The van der Waals surface area contributed by atoms with Gasteiger partial charge in [0.1, 0.15) is 33.1 Å². The summed E-state index contributed by atoms with van der Waals surface area (Å²) >= 11 is 2.71. The second kappa shape index (κ2) is 8.12. The van der Waals surface area contributed by atoms with E-state index in [4.69, 9.17) is 0 Å². The molecule has 0 saturated heterocycles. The number of carbonyl (C=O) groups excluding carboxylic acids is 1. The molecular weight excluding hydrogens is 419 g/mol. The number of thioether (sulfide) groups is 1. The first-order chi connectivity index (χ1) is 14.7. The third-order valence-electron chi connectivity index (χ3n) is 5.08. The molecule has 2 aromatic carbocycles. The number of nitrogens with zero attached hydrogens (tertiary/aromatic N) is 4. The third kappa shape index (κ3) is 3.57. The fraction of sp³-hybridized carbons (Fsp3) is 0.182. The van der Waals surface area contributed by atoms with Crippen molar-refractivity contribution in [3.05, 3.63) is 66.2 Å². The number of hydrogen-bond donors (Lipinski definition) is 0. The van der Waals surface area contributed by atoms with E-state index >= 15 is 0 Å². The molecule has 0 fully saturated rings. The van der Waals surface area contributed by atoms with Crippen LogP contribution in [0.4, 0.5) is 10.1 Å². The predicted molar refractivity (Wildman–Crippen MR) is 118 cm³/mol. The summed E-state index contributed by atoms with van der Waals surface area (Å²) in [7, 11) is 0. The number of aromatic nitrogens is 3. The lowest BCUT2D eigenvalue weighted by atomic mass is 10.0. The van der Waals surface area contributed by atoms with Gasteiger partial charge in [-0.15, -0.1) is 0 Å². The maximum absolute atomic E-state index is 13.2. The highest BCUT2D eigenvalue weighted by molar-refractivity contribution is 8.00. The summed E-state index contributed by atoms with van der Waals surface area (Å²) in [5.41, 5.74) is 4.46. The Hall–Kier alpha value is -2.84. The Morgan fingerprint density at radius 1 is 1.13 bits per heavy atom. The second-order valence-electron chi connectivity index (χ2n) is 6.96. The highest BCUT2D eigenvalue weighted by Crippen LogP contribution is 2.35. The van der Waals surface area contributed by atoms with Crippen molar-refractivity contribution in [1.82, 2.24) is 14.3 Å². The first-order valence-electron chi connectivity index (χ1n) is 9.58. The minimum absolute atomic E-state index is 0.0715. The van der Waals surface area contributed by atoms with Crippen molar-refractivity contribution in [3.63, 3.8) is 0 Å². The van der Waals surface area contributed by atoms with Crippen LogP contribution in [-0.2, 0) is 11.2 Å². The monoisotopic (exact) mass is 436 g/mol. The maximum atomic E-state index is 13.2. The van der Waals surface area contributed by atoms with Crippen LogP contribution in [0.3, 0.4) is 0 Å². The van der Waals surface area contributed by atoms with Crippen molar-refractivity contribution >= 4 is 45.1 Å². The molecule has 150 valence electrons. The van der Waals surface area contributed by atoms with Crippen LogP contribution in [0.15, 0.2) is 59.9 Å². The molecule has 8 heteroatoms. The van der Waals surface area contributed by atoms with Crippen molar-refractivity contribution in [2.45, 2.75) is 17.9 Å². The van der Waals surface area contributed by atoms with E-state index in [0.29, 0.717) is 11.4 Å². The molecule has 0 unspecified atom stereocenters. The van der Waals surface area contributed by atoms with Gasteiger partial charge in [0.15, 0.2) is 0 Å². The number of para-hydroxylation sites is 1. The van der Waals surface area contributed by atoms with Crippen molar-refractivity contribution in [3.8, 4) is 11.3 Å². The van der Waals surface area contributed by atoms with Gasteiger partial charge < -0.3 is 4.90 Å². The molecule has 3 heterocycles. The molecule has 1 aliphatic rings. The van der Waals surface area contributed by atoms with Crippen LogP contribution in [-0.4, -0.2) is 32.5 Å². The summed E-state index contributed by atoms with van der Waals surface area (Å²) in [6, 6.07) is 14.3. The Kier molecular flexibility index (Phi) is 5.18. The van der Waals surface area contributed by atoms with E-state index in [1.807, 2.05) is 23.1 Å². The molecule has 0 N–H and O–H groups in total. The number of anilines is 1. The number of rotatable bonds is 4. The normalized spacial score (nSPS) is 13.4. The van der Waals surface area contributed by atoms with E-state index in [9.17, 15) is 9.18 Å². The average molecular weight is 437 g/mol. The maximum Gasteiger partial charge on any atom is 0.237 e. The van der Waals surface area contributed by atoms with Crippen molar-refractivity contribution in [2.24, 2.45) is 0 Å². The van der Waals surface area contributed by atoms with E-state index in [1.165, 1.54) is 47.3 Å². The Morgan fingerprint density at radius 2 is 1.97 bits per heavy atom. The molecule has 0 atom stereocenters. The average Bonchev–Trinajstić information content (AvgIpc) is 3.22. The lowest BCUT2D eigenvalue weighted by Crippen LogP contribution is -2.36. The number of hydrogen-bond acceptors (Lipinski definition) is 6. The van der Waals surface area contributed by atoms with Crippen LogP contribution >= 0.6 is 23.3 Å². The summed E-state index contributed by atoms with van der Waals surface area (Å²) in [5.74, 6) is 0.0775. The van der Waals surface area contributed by atoms with Crippen molar-refractivity contribution < 1.29 is 9.18 Å². The van der Waals surface area contributed by atoms with E-state index in [2.05, 4.69) is 20.4 Å². The molecular formula is C22H17FN4OS2. The van der Waals surface area contributed by atoms with Crippen LogP contribution in [0.5, 0.6) is 0 Å². The number of fused-ring (bicyclic) bond motifs is 2. The van der Waals surface area contributed by atoms with E-state index < -0.39 is 0 Å². The zero-order chi connectivity index (χ0) is 20.5. The van der Waals surface area contributed by atoms with Gasteiger partial charge in [-0.05, 0) is 60.3 Å². The van der Waals surface area contributed by atoms with Gasteiger partial charge in [0.2, 0.25) is 5.91 Å². The van der Waals surface area contributed by atoms with Gasteiger partial charge in [-0.25, -0.2) is 14.4 Å². The third-order valence-corrected chi connectivity index (χ3v) is 7.03. The van der Waals surface area contributed by atoms with Gasteiger partial charge in [0, 0.05) is 17.8 Å². The van der Waals surface area contributed by atoms with Crippen LogP contribution in [0.25, 0.3) is 21.5 Å². The number of benzene rings is 2. The van der Waals surface area contributed by atoms with Gasteiger partial charge >= 0.3 is 0 Å². The molecule has 5 nitrogen and oxygen atoms in total. The quantitative estimate of drug-likeness (QED) is 0.334. The Balaban J connectivity index is 1.38. The minimum atomic E-state index is -0.290. The van der Waals surface area contributed by atoms with Crippen molar-refractivity contribution in [1.29, 1.82) is 0 Å². The molecule has 1 amide bonds. The minimum Gasteiger partial charge on any atom is -0.311 e. The fourth-order valence-electron chi connectivity index (χ4n) is 3.64. The molecule has 0 spiro atoms. The van der Waals surface area contributed by atoms with Crippen molar-refractivity contribution in [2.75, 3.05) is 17.2 Å². The van der Waals surface area contributed by atoms with Crippen LogP contribution in [0.2, 0.25) is 0 Å². The molecule has 0 aliphatic carbocycles. The molecule has 4 aromatic rings. The van der Waals surface area contributed by atoms with E-state index in [1.54, 1.807) is 12.1 Å². The summed E-state index contributed by atoms with van der Waals surface area (Å²) in [6.07, 6.45) is 3.47. The standard InChI is InChI=1S/C22H17FN4OS2/c23-16-9-7-15(8-10-16)19-20-21(30-26-19)22(25-13-24-20)29-12-18(28)27-11-3-5-14-4-1-2-6-17(14)27/h1-2,4,6-10,13H,3,5,11-12H2. The van der Waals surface area contributed by atoms with Crippen LogP contribution in [0, 0.1) is 5.82 Å². The Bertz CT molecular complexity index is 1230. The SMILES string of the molecule is O=C(CSc1ncnc2c(-c3ccc(F)cc3)nsc12)N1CCCc2ccccc21. The summed E-state index contributed by atoms with van der Waals surface area (Å²) in [5, 5.41) is 0.740.